The van der Waals surface area contributed by atoms with Crippen molar-refractivity contribution < 1.29 is 0 Å². The predicted molar refractivity (Wildman–Crippen MR) is 86.9 cm³/mol. The van der Waals surface area contributed by atoms with E-state index in [2.05, 4.69) is 36.7 Å². The van der Waals surface area contributed by atoms with Crippen molar-refractivity contribution >= 4 is 27.4 Å². The lowest BCUT2D eigenvalue weighted by atomic mass is 9.95. The van der Waals surface area contributed by atoms with E-state index in [-0.39, 0.29) is 5.41 Å². The summed E-state index contributed by atoms with van der Waals surface area (Å²) in [4.78, 5) is 13.2. The first-order valence-electron chi connectivity index (χ1n) is 7.49. The van der Waals surface area contributed by atoms with Gasteiger partial charge < -0.3 is 4.90 Å². The number of fused-ring (bicyclic) bond motifs is 1. The molecule has 3 heterocycles. The van der Waals surface area contributed by atoms with Crippen LogP contribution < -0.4 is 4.90 Å². The number of piperidine rings is 1. The SMILES string of the molecule is Cc1nc(N2CCCCC2)c2sc(C(C)(C)C)cc2n1. The Morgan fingerprint density at radius 3 is 2.45 bits per heavy atom. The normalized spacial score (nSPS) is 16.9. The average molecular weight is 289 g/mol. The Hall–Kier alpha value is -1.16. The van der Waals surface area contributed by atoms with Gasteiger partial charge in [0.15, 0.2) is 0 Å². The number of rotatable bonds is 1. The first-order valence-corrected chi connectivity index (χ1v) is 8.30. The van der Waals surface area contributed by atoms with Gasteiger partial charge in [-0.05, 0) is 37.7 Å². The van der Waals surface area contributed by atoms with Crippen LogP contribution in [0, 0.1) is 6.92 Å². The highest BCUT2D eigenvalue weighted by Gasteiger charge is 2.22. The van der Waals surface area contributed by atoms with Crippen molar-refractivity contribution in [3.63, 3.8) is 0 Å². The van der Waals surface area contributed by atoms with Crippen LogP contribution in [0.3, 0.4) is 0 Å². The van der Waals surface area contributed by atoms with Gasteiger partial charge in [-0.25, -0.2) is 9.97 Å². The minimum Gasteiger partial charge on any atom is -0.355 e. The van der Waals surface area contributed by atoms with E-state index in [9.17, 15) is 0 Å². The van der Waals surface area contributed by atoms with Crippen molar-refractivity contribution in [2.45, 2.75) is 52.4 Å². The largest absolute Gasteiger partial charge is 0.355 e. The summed E-state index contributed by atoms with van der Waals surface area (Å²) in [6, 6.07) is 2.25. The van der Waals surface area contributed by atoms with E-state index in [1.165, 1.54) is 28.8 Å². The maximum absolute atomic E-state index is 4.75. The van der Waals surface area contributed by atoms with Crippen LogP contribution in [0.5, 0.6) is 0 Å². The molecule has 0 bridgehead atoms. The summed E-state index contributed by atoms with van der Waals surface area (Å²) in [5.74, 6) is 2.05. The van der Waals surface area contributed by atoms with Crippen molar-refractivity contribution in [1.29, 1.82) is 0 Å². The topological polar surface area (TPSA) is 29.0 Å². The Bertz CT molecular complexity index is 618. The Labute approximate surface area is 125 Å². The molecule has 0 saturated carbocycles. The van der Waals surface area contributed by atoms with Gasteiger partial charge >= 0.3 is 0 Å². The van der Waals surface area contributed by atoms with Crippen LogP contribution in [0.15, 0.2) is 6.07 Å². The van der Waals surface area contributed by atoms with Crippen LogP contribution in [0.1, 0.15) is 50.7 Å². The molecule has 0 aromatic carbocycles. The van der Waals surface area contributed by atoms with Crippen molar-refractivity contribution in [2.75, 3.05) is 18.0 Å². The molecule has 4 heteroatoms. The highest BCUT2D eigenvalue weighted by Crippen LogP contribution is 2.38. The highest BCUT2D eigenvalue weighted by molar-refractivity contribution is 7.19. The fourth-order valence-electron chi connectivity index (χ4n) is 2.72. The Balaban J connectivity index is 2.12. The number of hydrogen-bond donors (Lipinski definition) is 0. The molecule has 108 valence electrons. The smallest absolute Gasteiger partial charge is 0.150 e. The molecule has 0 radical (unpaired) electrons. The second kappa shape index (κ2) is 4.99. The molecule has 1 saturated heterocycles. The van der Waals surface area contributed by atoms with Gasteiger partial charge in [-0.3, -0.25) is 0 Å². The number of anilines is 1. The molecule has 2 aromatic heterocycles. The van der Waals surface area contributed by atoms with Crippen LogP contribution in [-0.4, -0.2) is 23.1 Å². The van der Waals surface area contributed by atoms with Gasteiger partial charge in [0.25, 0.3) is 0 Å². The number of thiophene rings is 1. The molecule has 0 aliphatic carbocycles. The molecule has 0 atom stereocenters. The first kappa shape index (κ1) is 13.8. The molecule has 20 heavy (non-hydrogen) atoms. The fraction of sp³-hybridized carbons (Fsp3) is 0.625. The summed E-state index contributed by atoms with van der Waals surface area (Å²) in [6.45, 7) is 11.1. The number of nitrogens with zero attached hydrogens (tertiary/aromatic N) is 3. The lowest BCUT2D eigenvalue weighted by Crippen LogP contribution is -2.30. The Kier molecular flexibility index (Phi) is 3.44. The second-order valence-electron chi connectivity index (χ2n) is 6.72. The molecule has 1 fully saturated rings. The summed E-state index contributed by atoms with van der Waals surface area (Å²) < 4.78 is 1.27. The van der Waals surface area contributed by atoms with Gasteiger partial charge in [-0.15, -0.1) is 11.3 Å². The minimum absolute atomic E-state index is 0.179. The van der Waals surface area contributed by atoms with Crippen molar-refractivity contribution in [3.05, 3.63) is 16.8 Å². The van der Waals surface area contributed by atoms with Gasteiger partial charge in [0, 0.05) is 18.0 Å². The van der Waals surface area contributed by atoms with Gasteiger partial charge in [-0.2, -0.15) is 0 Å². The first-order chi connectivity index (χ1) is 9.45. The van der Waals surface area contributed by atoms with Crippen LogP contribution in [0.2, 0.25) is 0 Å². The third-order valence-electron chi connectivity index (χ3n) is 3.86. The molecule has 1 aliphatic heterocycles. The molecule has 3 nitrogen and oxygen atoms in total. The monoisotopic (exact) mass is 289 g/mol. The Morgan fingerprint density at radius 1 is 1.10 bits per heavy atom. The van der Waals surface area contributed by atoms with Crippen LogP contribution in [0.4, 0.5) is 5.82 Å². The number of hydrogen-bond acceptors (Lipinski definition) is 4. The summed E-state index contributed by atoms with van der Waals surface area (Å²) in [5.41, 5.74) is 1.30. The molecular weight excluding hydrogens is 266 g/mol. The van der Waals surface area contributed by atoms with Crippen molar-refractivity contribution in [1.82, 2.24) is 9.97 Å². The van der Waals surface area contributed by atoms with Crippen LogP contribution in [-0.2, 0) is 5.41 Å². The van der Waals surface area contributed by atoms with E-state index < -0.39 is 0 Å². The van der Waals surface area contributed by atoms with E-state index in [1.54, 1.807) is 0 Å². The van der Waals surface area contributed by atoms with E-state index in [4.69, 9.17) is 4.98 Å². The molecular formula is C16H23N3S. The number of aryl methyl sites for hydroxylation is 1. The standard InChI is InChI=1S/C16H23N3S/c1-11-17-12-10-13(16(2,3)4)20-14(12)15(18-11)19-8-6-5-7-9-19/h10H,5-9H2,1-4H3. The highest BCUT2D eigenvalue weighted by atomic mass is 32.1. The maximum Gasteiger partial charge on any atom is 0.150 e. The summed E-state index contributed by atoms with van der Waals surface area (Å²) in [7, 11) is 0. The van der Waals surface area contributed by atoms with E-state index in [0.717, 1.165) is 30.2 Å². The molecule has 0 unspecified atom stereocenters. The van der Waals surface area contributed by atoms with E-state index in [0.29, 0.717) is 0 Å². The summed E-state index contributed by atoms with van der Waals surface area (Å²) >= 11 is 1.87. The van der Waals surface area contributed by atoms with Gasteiger partial charge in [-0.1, -0.05) is 20.8 Å². The molecule has 0 spiro atoms. The molecule has 1 aliphatic rings. The lowest BCUT2D eigenvalue weighted by molar-refractivity contribution is 0.574. The lowest BCUT2D eigenvalue weighted by Gasteiger charge is -2.28. The van der Waals surface area contributed by atoms with E-state index >= 15 is 0 Å². The number of aromatic nitrogens is 2. The average Bonchev–Trinajstić information content (AvgIpc) is 2.82. The van der Waals surface area contributed by atoms with Gasteiger partial charge in [0.05, 0.1) is 10.2 Å². The van der Waals surface area contributed by atoms with Crippen LogP contribution in [0.25, 0.3) is 10.2 Å². The van der Waals surface area contributed by atoms with Crippen molar-refractivity contribution in [3.8, 4) is 0 Å². The second-order valence-corrected chi connectivity index (χ2v) is 7.77. The molecule has 0 N–H and O–H groups in total. The minimum atomic E-state index is 0.179. The quantitative estimate of drug-likeness (QED) is 0.784. The zero-order valence-electron chi connectivity index (χ0n) is 12.9. The molecule has 3 rings (SSSR count). The predicted octanol–water partition coefficient (Wildman–Crippen LogP) is 4.29. The summed E-state index contributed by atoms with van der Waals surface area (Å²) in [5, 5.41) is 0. The van der Waals surface area contributed by atoms with Gasteiger partial charge in [0.2, 0.25) is 0 Å². The third-order valence-corrected chi connectivity index (χ3v) is 5.41. The maximum atomic E-state index is 4.75. The zero-order valence-corrected chi connectivity index (χ0v) is 13.7. The van der Waals surface area contributed by atoms with Gasteiger partial charge in [0.1, 0.15) is 11.6 Å². The zero-order chi connectivity index (χ0) is 14.3. The summed E-state index contributed by atoms with van der Waals surface area (Å²) in [6.07, 6.45) is 3.91. The molecule has 2 aromatic rings. The molecule has 0 amide bonds. The van der Waals surface area contributed by atoms with Crippen molar-refractivity contribution in [2.24, 2.45) is 0 Å². The fourth-order valence-corrected chi connectivity index (χ4v) is 3.89. The van der Waals surface area contributed by atoms with E-state index in [1.807, 2.05) is 18.3 Å². The Morgan fingerprint density at radius 2 is 1.80 bits per heavy atom. The van der Waals surface area contributed by atoms with Crippen LogP contribution >= 0.6 is 11.3 Å². The third kappa shape index (κ3) is 2.53.